The molecule has 0 radical (unpaired) electrons. The van der Waals surface area contributed by atoms with Gasteiger partial charge in [0.15, 0.2) is 0 Å². The van der Waals surface area contributed by atoms with E-state index in [0.29, 0.717) is 16.0 Å². The molecule has 0 bridgehead atoms. The molecule has 0 amide bonds. The van der Waals surface area contributed by atoms with E-state index in [9.17, 15) is 9.18 Å². The van der Waals surface area contributed by atoms with Crippen LogP contribution in [0.3, 0.4) is 0 Å². The first-order valence-corrected chi connectivity index (χ1v) is 9.88. The van der Waals surface area contributed by atoms with E-state index < -0.39 is 5.82 Å². The van der Waals surface area contributed by atoms with Gasteiger partial charge < -0.3 is 9.40 Å². The second-order valence-corrected chi connectivity index (χ2v) is 8.52. The average molecular weight is 402 g/mol. The molecule has 6 nitrogen and oxygen atoms in total. The van der Waals surface area contributed by atoms with Crippen molar-refractivity contribution < 1.29 is 8.81 Å². The first-order chi connectivity index (χ1) is 12.9. The number of rotatable bonds is 4. The number of nitrogens with zero attached hydrogens (tertiary/aromatic N) is 3. The van der Waals surface area contributed by atoms with E-state index in [1.54, 1.807) is 18.2 Å². The molecule has 27 heavy (non-hydrogen) atoms. The number of thiophene rings is 1. The number of halogens is 1. The lowest BCUT2D eigenvalue weighted by Gasteiger charge is -2.07. The molecule has 0 spiro atoms. The number of hydrogen-bond donors (Lipinski definition) is 1. The molecule has 3 aromatic heterocycles. The number of aromatic nitrogens is 4. The van der Waals surface area contributed by atoms with Crippen LogP contribution in [0, 0.1) is 19.7 Å². The largest absolute Gasteiger partial charge is 0.411 e. The smallest absolute Gasteiger partial charge is 0.277 e. The Morgan fingerprint density at radius 1 is 1.26 bits per heavy atom. The predicted octanol–water partition coefficient (Wildman–Crippen LogP) is 4.64. The van der Waals surface area contributed by atoms with Crippen LogP contribution in [-0.2, 0) is 0 Å². The highest BCUT2D eigenvalue weighted by molar-refractivity contribution is 7.99. The number of hydrogen-bond acceptors (Lipinski definition) is 7. The second-order valence-electron chi connectivity index (χ2n) is 6.03. The Balaban J connectivity index is 1.62. The normalized spacial score (nSPS) is 12.6. The van der Waals surface area contributed by atoms with Crippen molar-refractivity contribution in [1.82, 2.24) is 20.2 Å². The van der Waals surface area contributed by atoms with Crippen LogP contribution in [0.25, 0.3) is 21.7 Å². The van der Waals surface area contributed by atoms with Gasteiger partial charge in [-0.2, -0.15) is 0 Å². The van der Waals surface area contributed by atoms with E-state index in [2.05, 4.69) is 20.2 Å². The summed E-state index contributed by atoms with van der Waals surface area (Å²) < 4.78 is 19.4. The van der Waals surface area contributed by atoms with Crippen LogP contribution in [0.4, 0.5) is 4.39 Å². The van der Waals surface area contributed by atoms with Crippen LogP contribution < -0.4 is 5.56 Å². The van der Waals surface area contributed by atoms with Gasteiger partial charge >= 0.3 is 0 Å². The minimum Gasteiger partial charge on any atom is -0.411 e. The lowest BCUT2D eigenvalue weighted by Crippen LogP contribution is -2.12. The Hall–Kier alpha value is -2.52. The molecule has 0 fully saturated rings. The fraction of sp³-hybridized carbons (Fsp3) is 0.222. The number of aryl methyl sites for hydroxylation is 2. The standard InChI is InChI=1S/C18H15FN4O2S2/c1-8-9(2)26-17-13(8)15(24)20-14(21-17)10(3)27-18-23-22-16(25-18)11-6-4-5-7-12(11)19/h4-7,10H,1-3H3,(H,20,21,24)/t10-/m1/s1. The summed E-state index contributed by atoms with van der Waals surface area (Å²) in [7, 11) is 0. The summed E-state index contributed by atoms with van der Waals surface area (Å²) in [5, 5.41) is 8.57. The number of nitrogens with one attached hydrogen (secondary N) is 1. The molecule has 138 valence electrons. The van der Waals surface area contributed by atoms with Crippen LogP contribution in [0.1, 0.15) is 28.4 Å². The molecule has 0 unspecified atom stereocenters. The molecule has 0 saturated carbocycles. The molecule has 1 atom stereocenters. The van der Waals surface area contributed by atoms with Crippen molar-refractivity contribution in [2.24, 2.45) is 0 Å². The van der Waals surface area contributed by atoms with Crippen molar-refractivity contribution in [3.05, 3.63) is 56.7 Å². The quantitative estimate of drug-likeness (QED) is 0.501. The highest BCUT2D eigenvalue weighted by Crippen LogP contribution is 2.35. The van der Waals surface area contributed by atoms with Crippen molar-refractivity contribution in [2.75, 3.05) is 0 Å². The van der Waals surface area contributed by atoms with Crippen molar-refractivity contribution >= 4 is 33.3 Å². The highest BCUT2D eigenvalue weighted by Gasteiger charge is 2.19. The Bertz CT molecular complexity index is 1200. The first kappa shape index (κ1) is 17.9. The maximum Gasteiger partial charge on any atom is 0.277 e. The molecule has 0 aliphatic carbocycles. The molecule has 0 saturated heterocycles. The fourth-order valence-corrected chi connectivity index (χ4v) is 4.45. The SMILES string of the molecule is Cc1sc2nc([C@@H](C)Sc3nnc(-c4ccccc4F)o3)[nH]c(=O)c2c1C. The maximum atomic E-state index is 13.9. The molecule has 0 aliphatic heterocycles. The van der Waals surface area contributed by atoms with Gasteiger partial charge in [-0.15, -0.1) is 21.5 Å². The summed E-state index contributed by atoms with van der Waals surface area (Å²) in [6, 6.07) is 6.21. The molecule has 4 rings (SSSR count). The van der Waals surface area contributed by atoms with Crippen molar-refractivity contribution in [3.8, 4) is 11.5 Å². The second kappa shape index (κ2) is 6.90. The third-order valence-corrected chi connectivity index (χ3v) is 6.28. The Morgan fingerprint density at radius 2 is 2.04 bits per heavy atom. The summed E-state index contributed by atoms with van der Waals surface area (Å²) in [5.41, 5.74) is 1.06. The first-order valence-electron chi connectivity index (χ1n) is 8.19. The summed E-state index contributed by atoms with van der Waals surface area (Å²) in [6.07, 6.45) is 0. The van der Waals surface area contributed by atoms with E-state index in [-0.39, 0.29) is 27.5 Å². The molecular weight excluding hydrogens is 387 g/mol. The Labute approximate surface area is 161 Å². The molecule has 9 heteroatoms. The number of aromatic amines is 1. The zero-order valence-corrected chi connectivity index (χ0v) is 16.4. The van der Waals surface area contributed by atoms with Crippen molar-refractivity contribution in [2.45, 2.75) is 31.2 Å². The lowest BCUT2D eigenvalue weighted by molar-refractivity contribution is 0.462. The molecule has 1 N–H and O–H groups in total. The fourth-order valence-electron chi connectivity index (χ4n) is 2.67. The van der Waals surface area contributed by atoms with E-state index in [0.717, 1.165) is 10.4 Å². The van der Waals surface area contributed by atoms with Gasteiger partial charge in [0, 0.05) is 4.88 Å². The monoisotopic (exact) mass is 402 g/mol. The zero-order chi connectivity index (χ0) is 19.1. The van der Waals surface area contributed by atoms with Gasteiger partial charge in [0.25, 0.3) is 16.7 Å². The van der Waals surface area contributed by atoms with E-state index in [1.165, 1.54) is 29.2 Å². The van der Waals surface area contributed by atoms with Crippen LogP contribution in [0.5, 0.6) is 0 Å². The van der Waals surface area contributed by atoms with E-state index >= 15 is 0 Å². The van der Waals surface area contributed by atoms with E-state index in [4.69, 9.17) is 4.42 Å². The minimum absolute atomic E-state index is 0.115. The molecule has 0 aliphatic rings. The molecule has 4 aromatic rings. The van der Waals surface area contributed by atoms with Gasteiger partial charge in [0.2, 0.25) is 0 Å². The number of fused-ring (bicyclic) bond motifs is 1. The molecule has 1 aromatic carbocycles. The number of H-pyrrole nitrogens is 1. The lowest BCUT2D eigenvalue weighted by atomic mass is 10.2. The van der Waals surface area contributed by atoms with Gasteiger partial charge in [-0.1, -0.05) is 23.9 Å². The number of benzene rings is 1. The van der Waals surface area contributed by atoms with Gasteiger partial charge in [-0.25, -0.2) is 9.37 Å². The third-order valence-electron chi connectivity index (χ3n) is 4.23. The average Bonchev–Trinajstić information content (AvgIpc) is 3.20. The Morgan fingerprint density at radius 3 is 2.81 bits per heavy atom. The highest BCUT2D eigenvalue weighted by atomic mass is 32.2. The molecule has 3 heterocycles. The summed E-state index contributed by atoms with van der Waals surface area (Å²) in [6.45, 7) is 5.78. The summed E-state index contributed by atoms with van der Waals surface area (Å²) >= 11 is 2.76. The minimum atomic E-state index is -0.425. The zero-order valence-electron chi connectivity index (χ0n) is 14.7. The summed E-state index contributed by atoms with van der Waals surface area (Å²) in [5.74, 6) is 0.222. The van der Waals surface area contributed by atoms with Crippen LogP contribution >= 0.6 is 23.1 Å². The van der Waals surface area contributed by atoms with Crippen LogP contribution in [0.15, 0.2) is 38.7 Å². The van der Waals surface area contributed by atoms with E-state index in [1.807, 2.05) is 20.8 Å². The van der Waals surface area contributed by atoms with Gasteiger partial charge in [0.05, 0.1) is 16.2 Å². The topological polar surface area (TPSA) is 84.7 Å². The van der Waals surface area contributed by atoms with Crippen LogP contribution in [0.2, 0.25) is 0 Å². The number of thioether (sulfide) groups is 1. The van der Waals surface area contributed by atoms with Crippen molar-refractivity contribution in [3.63, 3.8) is 0 Å². The van der Waals surface area contributed by atoms with Crippen LogP contribution in [-0.4, -0.2) is 20.2 Å². The van der Waals surface area contributed by atoms with Crippen molar-refractivity contribution in [1.29, 1.82) is 0 Å². The van der Waals surface area contributed by atoms with Gasteiger partial charge in [-0.3, -0.25) is 4.79 Å². The predicted molar refractivity (Wildman–Crippen MR) is 104 cm³/mol. The third kappa shape index (κ3) is 3.28. The van der Waals surface area contributed by atoms with Gasteiger partial charge in [-0.05, 0) is 38.5 Å². The Kier molecular flexibility index (Phi) is 4.56. The van der Waals surface area contributed by atoms with Gasteiger partial charge in [0.1, 0.15) is 16.5 Å². The molecular formula is C18H15FN4O2S2. The maximum absolute atomic E-state index is 13.9. The summed E-state index contributed by atoms with van der Waals surface area (Å²) in [4.78, 5) is 21.6.